The number of aliphatic hydroxyl groups excluding tert-OH is 1. The van der Waals surface area contributed by atoms with Crippen LogP contribution in [-0.2, 0) is 15.0 Å². The average Bonchev–Trinajstić information content (AvgIpc) is 3.40. The molecule has 1 N–H and O–H groups in total. The number of hydrogen-bond acceptors (Lipinski definition) is 5. The van der Waals surface area contributed by atoms with Gasteiger partial charge in [0.15, 0.2) is 0 Å². The zero-order valence-electron chi connectivity index (χ0n) is 19.3. The maximum Gasteiger partial charge on any atom is 0.256 e. The van der Waals surface area contributed by atoms with Gasteiger partial charge < -0.3 is 14.5 Å². The fourth-order valence-electron chi connectivity index (χ4n) is 4.89. The second kappa shape index (κ2) is 8.28. The Balaban J connectivity index is 1.61. The van der Waals surface area contributed by atoms with Gasteiger partial charge in [-0.05, 0) is 32.3 Å². The Hall–Kier alpha value is -2.80. The lowest BCUT2D eigenvalue weighted by Crippen LogP contribution is -2.44. The Kier molecular flexibility index (Phi) is 5.79. The number of likely N-dealkylation sites (tertiary alicyclic amines) is 1. The summed E-state index contributed by atoms with van der Waals surface area (Å²) in [5.74, 6) is -0.326. The first kappa shape index (κ1) is 22.4. The molecule has 2 aliphatic heterocycles. The summed E-state index contributed by atoms with van der Waals surface area (Å²) in [6.45, 7) is 9.88. The molecule has 1 fully saturated rings. The molecule has 1 saturated heterocycles. The highest BCUT2D eigenvalue weighted by Gasteiger charge is 2.48. The van der Waals surface area contributed by atoms with E-state index in [1.807, 2.05) is 58.9 Å². The fraction of sp³-hybridized carbons (Fsp3) is 0.520. The van der Waals surface area contributed by atoms with Gasteiger partial charge in [0.05, 0.1) is 23.3 Å². The van der Waals surface area contributed by atoms with Crippen LogP contribution in [0.4, 0.5) is 0 Å². The van der Waals surface area contributed by atoms with Crippen LogP contribution in [0.2, 0.25) is 0 Å². The van der Waals surface area contributed by atoms with Crippen molar-refractivity contribution in [2.75, 3.05) is 6.54 Å². The smallest absolute Gasteiger partial charge is 0.256 e. The number of carbonyl (C=O) groups is 2. The maximum absolute atomic E-state index is 13.6. The van der Waals surface area contributed by atoms with Crippen LogP contribution in [0.25, 0.3) is 0 Å². The van der Waals surface area contributed by atoms with Gasteiger partial charge in [-0.15, -0.1) is 0 Å². The number of aryl methyl sites for hydroxylation is 2. The van der Waals surface area contributed by atoms with E-state index in [1.165, 1.54) is 0 Å². The molecule has 2 aliphatic rings. The van der Waals surface area contributed by atoms with Crippen molar-refractivity contribution >= 4 is 17.5 Å². The van der Waals surface area contributed by atoms with Gasteiger partial charge in [-0.2, -0.15) is 0 Å². The Morgan fingerprint density at radius 3 is 2.53 bits per heavy atom. The van der Waals surface area contributed by atoms with Gasteiger partial charge in [-0.1, -0.05) is 48.8 Å². The minimum absolute atomic E-state index is 0.0155. The molecule has 7 heteroatoms. The molecule has 2 amide bonds. The highest BCUT2D eigenvalue weighted by molar-refractivity contribution is 6.11. The first-order valence-electron chi connectivity index (χ1n) is 11.2. The minimum Gasteiger partial charge on any atom is -0.391 e. The molecule has 0 radical (unpaired) electrons. The number of nitrogens with zero attached hydrogens (tertiary/aromatic N) is 3. The van der Waals surface area contributed by atoms with E-state index in [1.54, 1.807) is 11.0 Å². The molecule has 0 spiro atoms. The average molecular weight is 438 g/mol. The number of benzene rings is 1. The van der Waals surface area contributed by atoms with Crippen molar-refractivity contribution in [1.82, 2.24) is 10.1 Å². The second-order valence-corrected chi connectivity index (χ2v) is 9.77. The van der Waals surface area contributed by atoms with Crippen LogP contribution in [0, 0.1) is 19.8 Å². The summed E-state index contributed by atoms with van der Waals surface area (Å²) in [7, 11) is 0. The number of carbonyl (C=O) groups excluding carboxylic acids is 2. The molecule has 32 heavy (non-hydrogen) atoms. The van der Waals surface area contributed by atoms with Crippen LogP contribution in [0.3, 0.4) is 0 Å². The van der Waals surface area contributed by atoms with Gasteiger partial charge in [0.1, 0.15) is 11.7 Å². The quantitative estimate of drug-likeness (QED) is 0.774. The van der Waals surface area contributed by atoms with E-state index in [2.05, 4.69) is 10.1 Å². The van der Waals surface area contributed by atoms with Crippen LogP contribution in [0.5, 0.6) is 0 Å². The van der Waals surface area contributed by atoms with E-state index in [0.717, 1.165) is 16.8 Å². The normalized spacial score (nSPS) is 26.7. The third kappa shape index (κ3) is 3.90. The number of aliphatic hydroxyl groups is 1. The number of aromatic nitrogens is 1. The van der Waals surface area contributed by atoms with Crippen LogP contribution < -0.4 is 0 Å². The van der Waals surface area contributed by atoms with Gasteiger partial charge in [0.2, 0.25) is 5.91 Å². The molecule has 1 aromatic heterocycles. The van der Waals surface area contributed by atoms with Gasteiger partial charge >= 0.3 is 0 Å². The Morgan fingerprint density at radius 1 is 1.25 bits per heavy atom. The molecule has 4 rings (SSSR count). The molecule has 0 aliphatic carbocycles. The highest BCUT2D eigenvalue weighted by atomic mass is 16.5. The highest BCUT2D eigenvalue weighted by Crippen LogP contribution is 2.39. The van der Waals surface area contributed by atoms with Crippen molar-refractivity contribution in [1.29, 1.82) is 0 Å². The van der Waals surface area contributed by atoms with E-state index in [9.17, 15) is 14.7 Å². The first-order valence-corrected chi connectivity index (χ1v) is 11.2. The van der Waals surface area contributed by atoms with Crippen molar-refractivity contribution in [2.45, 2.75) is 70.9 Å². The van der Waals surface area contributed by atoms with Crippen LogP contribution >= 0.6 is 0 Å². The van der Waals surface area contributed by atoms with Gasteiger partial charge in [0, 0.05) is 31.2 Å². The maximum atomic E-state index is 13.6. The number of aliphatic imine (C=N–C) groups is 1. The van der Waals surface area contributed by atoms with E-state index in [-0.39, 0.29) is 24.3 Å². The lowest BCUT2D eigenvalue weighted by molar-refractivity contribution is -0.134. The first-order chi connectivity index (χ1) is 15.1. The molecule has 170 valence electrons. The molecule has 4 atom stereocenters. The zero-order valence-corrected chi connectivity index (χ0v) is 19.3. The number of amides is 2. The summed E-state index contributed by atoms with van der Waals surface area (Å²) in [5, 5.41) is 14.4. The summed E-state index contributed by atoms with van der Waals surface area (Å²) in [5.41, 5.74) is 2.67. The van der Waals surface area contributed by atoms with E-state index < -0.39 is 23.5 Å². The van der Waals surface area contributed by atoms with Crippen molar-refractivity contribution in [3.8, 4) is 0 Å². The summed E-state index contributed by atoms with van der Waals surface area (Å²) in [6.07, 6.45) is 0.156. The number of rotatable bonds is 5. The van der Waals surface area contributed by atoms with E-state index >= 15 is 0 Å². The molecule has 0 unspecified atom stereocenters. The molecular weight excluding hydrogens is 406 g/mol. The van der Waals surface area contributed by atoms with Crippen molar-refractivity contribution < 1.29 is 19.2 Å². The largest absolute Gasteiger partial charge is 0.391 e. The molecule has 1 aromatic carbocycles. The monoisotopic (exact) mass is 437 g/mol. The summed E-state index contributed by atoms with van der Waals surface area (Å²) < 4.78 is 5.43. The lowest BCUT2D eigenvalue weighted by atomic mass is 9.78. The molecule has 0 bridgehead atoms. The minimum atomic E-state index is -0.759. The van der Waals surface area contributed by atoms with Crippen LogP contribution in [-0.4, -0.2) is 51.4 Å². The SMILES string of the molecule is Cc1ccc([C@@]2(C)CC([C@H]3C[C@@H](O)CN3C(=O)[C@H](c3cc(C)no3)C(C)C)=NC2=O)cc1. The van der Waals surface area contributed by atoms with E-state index in [4.69, 9.17) is 4.52 Å². The topological polar surface area (TPSA) is 96.0 Å². The summed E-state index contributed by atoms with van der Waals surface area (Å²) in [6, 6.07) is 9.31. The van der Waals surface area contributed by atoms with Gasteiger partial charge in [-0.25, -0.2) is 4.99 Å². The zero-order chi connectivity index (χ0) is 23.2. The predicted molar refractivity (Wildman–Crippen MR) is 121 cm³/mol. The Morgan fingerprint density at radius 2 is 1.94 bits per heavy atom. The fourth-order valence-corrected chi connectivity index (χ4v) is 4.89. The third-order valence-electron chi connectivity index (χ3n) is 6.77. The van der Waals surface area contributed by atoms with E-state index in [0.29, 0.717) is 24.3 Å². The summed E-state index contributed by atoms with van der Waals surface area (Å²) >= 11 is 0. The molecule has 0 saturated carbocycles. The summed E-state index contributed by atoms with van der Waals surface area (Å²) in [4.78, 5) is 32.7. The van der Waals surface area contributed by atoms with Crippen molar-refractivity contribution in [2.24, 2.45) is 10.9 Å². The Bertz CT molecular complexity index is 1060. The lowest BCUT2D eigenvalue weighted by Gasteiger charge is -2.30. The third-order valence-corrected chi connectivity index (χ3v) is 6.77. The van der Waals surface area contributed by atoms with Gasteiger partial charge in [0.25, 0.3) is 5.91 Å². The van der Waals surface area contributed by atoms with Gasteiger partial charge in [-0.3, -0.25) is 9.59 Å². The van der Waals surface area contributed by atoms with Crippen molar-refractivity contribution in [3.05, 3.63) is 52.9 Å². The molecule has 7 nitrogen and oxygen atoms in total. The molecule has 3 heterocycles. The number of hydrogen-bond donors (Lipinski definition) is 1. The standard InChI is InChI=1S/C25H31N3O4/c1-14(2)22(21-10-16(4)27-32-21)23(30)28-13-18(29)11-20(28)19-12-25(5,24(31)26-19)17-8-6-15(3)7-9-17/h6-10,14,18,20,22,29H,11-13H2,1-5H3/t18-,20-,22+,25-/m1/s1. The molecule has 2 aromatic rings. The Labute approximate surface area is 188 Å². The predicted octanol–water partition coefficient (Wildman–Crippen LogP) is 3.32. The molecular formula is C25H31N3O4. The number of β-amino-alcohol motifs (C(OH)–C–C–N with tert-alkyl or cyclic N) is 1. The van der Waals surface area contributed by atoms with Crippen LogP contribution in [0.1, 0.15) is 62.1 Å². The van der Waals surface area contributed by atoms with Crippen molar-refractivity contribution in [3.63, 3.8) is 0 Å². The van der Waals surface area contributed by atoms with Crippen LogP contribution in [0.15, 0.2) is 39.8 Å². The second-order valence-electron chi connectivity index (χ2n) is 9.77.